The van der Waals surface area contributed by atoms with Crippen LogP contribution in [0.2, 0.25) is 0 Å². The van der Waals surface area contributed by atoms with Crippen LogP contribution in [0.3, 0.4) is 0 Å². The van der Waals surface area contributed by atoms with Crippen molar-refractivity contribution in [2.45, 2.75) is 19.3 Å². The van der Waals surface area contributed by atoms with Gasteiger partial charge in [0.2, 0.25) is 0 Å². The Morgan fingerprint density at radius 1 is 0.489 bits per heavy atom. The quantitative estimate of drug-likeness (QED) is 0.190. The highest BCUT2D eigenvalue weighted by Crippen LogP contribution is 2.50. The lowest BCUT2D eigenvalue weighted by atomic mass is 9.81. The van der Waals surface area contributed by atoms with E-state index in [-0.39, 0.29) is 5.41 Å². The molecule has 1 heterocycles. The average Bonchev–Trinajstić information content (AvgIpc) is 3.35. The van der Waals surface area contributed by atoms with Crippen molar-refractivity contribution in [1.29, 1.82) is 5.26 Å². The van der Waals surface area contributed by atoms with Crippen LogP contribution < -0.4 is 0 Å². The zero-order chi connectivity index (χ0) is 31.7. The summed E-state index contributed by atoms with van der Waals surface area (Å²) in [5, 5.41) is 15.4. The first-order valence-electron chi connectivity index (χ1n) is 16.1. The number of benzene rings is 7. The highest BCUT2D eigenvalue weighted by molar-refractivity contribution is 6.09. The predicted octanol–water partition coefficient (Wildman–Crippen LogP) is 11.7. The molecule has 0 amide bonds. The van der Waals surface area contributed by atoms with Crippen LogP contribution in [0.1, 0.15) is 30.5 Å². The maximum atomic E-state index is 9.55. The van der Waals surface area contributed by atoms with Crippen molar-refractivity contribution in [3.05, 3.63) is 162 Å². The van der Waals surface area contributed by atoms with E-state index < -0.39 is 0 Å². The van der Waals surface area contributed by atoms with Crippen molar-refractivity contribution in [3.63, 3.8) is 0 Å². The molecule has 0 bridgehead atoms. The summed E-state index contributed by atoms with van der Waals surface area (Å²) in [6, 6.07) is 54.4. The van der Waals surface area contributed by atoms with Crippen LogP contribution in [0.5, 0.6) is 0 Å². The average molecular weight is 599 g/mol. The third-order valence-electron chi connectivity index (χ3n) is 10.1. The highest BCUT2D eigenvalue weighted by Gasteiger charge is 2.36. The molecule has 2 nitrogen and oxygen atoms in total. The molecule has 0 N–H and O–H groups in total. The first kappa shape index (κ1) is 27.3. The number of fused-ring (bicyclic) bond motifs is 7. The first-order valence-corrected chi connectivity index (χ1v) is 16.1. The number of hydrogen-bond acceptors (Lipinski definition) is 2. The second kappa shape index (κ2) is 10.2. The Labute approximate surface area is 274 Å². The van der Waals surface area contributed by atoms with Gasteiger partial charge in [0.15, 0.2) is 0 Å². The monoisotopic (exact) mass is 598 g/mol. The van der Waals surface area contributed by atoms with Gasteiger partial charge in [0, 0.05) is 21.8 Å². The van der Waals surface area contributed by atoms with E-state index in [2.05, 4.69) is 159 Å². The SMILES string of the molecule is CC1(C)c2cc(C#N)ccc2-c2ccc(-c3ccc(-c4ccc5ccc6ccc(-c7ccccc7)cc6c5n4)c4ccccc34)cc21. The molecule has 0 fully saturated rings. The summed E-state index contributed by atoms with van der Waals surface area (Å²) in [4.78, 5) is 5.34. The van der Waals surface area contributed by atoms with E-state index in [1.54, 1.807) is 0 Å². The van der Waals surface area contributed by atoms with Gasteiger partial charge in [-0.1, -0.05) is 129 Å². The van der Waals surface area contributed by atoms with Gasteiger partial charge in [-0.2, -0.15) is 5.26 Å². The molecule has 2 heteroatoms. The van der Waals surface area contributed by atoms with Crippen molar-refractivity contribution in [2.24, 2.45) is 0 Å². The summed E-state index contributed by atoms with van der Waals surface area (Å²) in [6.45, 7) is 4.53. The number of nitrogens with zero attached hydrogens (tertiary/aromatic N) is 2. The van der Waals surface area contributed by atoms with E-state index in [0.29, 0.717) is 5.56 Å². The second-order valence-corrected chi connectivity index (χ2v) is 13.1. The molecular weight excluding hydrogens is 569 g/mol. The number of nitriles is 1. The van der Waals surface area contributed by atoms with Crippen LogP contribution in [-0.2, 0) is 5.41 Å². The summed E-state index contributed by atoms with van der Waals surface area (Å²) in [6.07, 6.45) is 0. The summed E-state index contributed by atoms with van der Waals surface area (Å²) in [5.41, 5.74) is 13.4. The molecule has 47 heavy (non-hydrogen) atoms. The fourth-order valence-corrected chi connectivity index (χ4v) is 7.62. The maximum Gasteiger partial charge on any atom is 0.0991 e. The fraction of sp³-hybridized carbons (Fsp3) is 0.0667. The lowest BCUT2D eigenvalue weighted by Gasteiger charge is -2.22. The lowest BCUT2D eigenvalue weighted by Crippen LogP contribution is -2.15. The summed E-state index contributed by atoms with van der Waals surface area (Å²) in [7, 11) is 0. The Morgan fingerprint density at radius 3 is 1.91 bits per heavy atom. The van der Waals surface area contributed by atoms with E-state index in [4.69, 9.17) is 4.98 Å². The van der Waals surface area contributed by atoms with Gasteiger partial charge in [0.1, 0.15) is 0 Å². The minimum atomic E-state index is -0.193. The second-order valence-electron chi connectivity index (χ2n) is 13.1. The molecule has 0 unspecified atom stereocenters. The smallest absolute Gasteiger partial charge is 0.0991 e. The van der Waals surface area contributed by atoms with Crippen LogP contribution in [0.15, 0.2) is 146 Å². The Kier molecular flexibility index (Phi) is 5.95. The van der Waals surface area contributed by atoms with Gasteiger partial charge in [0.25, 0.3) is 0 Å². The molecule has 0 atom stereocenters. The van der Waals surface area contributed by atoms with Gasteiger partial charge >= 0.3 is 0 Å². The zero-order valence-corrected chi connectivity index (χ0v) is 26.3. The molecule has 0 radical (unpaired) electrons. The minimum Gasteiger partial charge on any atom is -0.247 e. The molecule has 0 saturated carbocycles. The van der Waals surface area contributed by atoms with Crippen LogP contribution in [0.25, 0.3) is 77.1 Å². The van der Waals surface area contributed by atoms with Crippen molar-refractivity contribution in [2.75, 3.05) is 0 Å². The topological polar surface area (TPSA) is 36.7 Å². The van der Waals surface area contributed by atoms with Crippen molar-refractivity contribution >= 4 is 32.4 Å². The Bertz CT molecular complexity index is 2600. The van der Waals surface area contributed by atoms with E-state index in [1.165, 1.54) is 60.7 Å². The van der Waals surface area contributed by atoms with Crippen LogP contribution >= 0.6 is 0 Å². The lowest BCUT2D eigenvalue weighted by molar-refractivity contribution is 0.660. The zero-order valence-electron chi connectivity index (χ0n) is 26.3. The van der Waals surface area contributed by atoms with E-state index >= 15 is 0 Å². The number of rotatable bonds is 3. The van der Waals surface area contributed by atoms with Crippen molar-refractivity contribution in [3.8, 4) is 50.7 Å². The Morgan fingerprint density at radius 2 is 1.11 bits per heavy atom. The van der Waals surface area contributed by atoms with E-state index in [9.17, 15) is 5.26 Å². The van der Waals surface area contributed by atoms with Crippen LogP contribution in [-0.4, -0.2) is 4.98 Å². The molecule has 1 aromatic heterocycles. The summed E-state index contributed by atoms with van der Waals surface area (Å²) < 4.78 is 0. The van der Waals surface area contributed by atoms with Gasteiger partial charge in [-0.15, -0.1) is 0 Å². The Hall–Kier alpha value is -6.04. The molecular formula is C45H30N2. The van der Waals surface area contributed by atoms with Crippen molar-refractivity contribution < 1.29 is 0 Å². The molecule has 220 valence electrons. The number of hydrogen-bond donors (Lipinski definition) is 0. The van der Waals surface area contributed by atoms with Crippen molar-refractivity contribution in [1.82, 2.24) is 4.98 Å². The molecule has 9 rings (SSSR count). The summed E-state index contributed by atoms with van der Waals surface area (Å²) in [5.74, 6) is 0. The van der Waals surface area contributed by atoms with Gasteiger partial charge in [-0.05, 0) is 91.0 Å². The normalized spacial score (nSPS) is 13.0. The molecule has 8 aromatic rings. The van der Waals surface area contributed by atoms with Crippen LogP contribution in [0.4, 0.5) is 0 Å². The van der Waals surface area contributed by atoms with Gasteiger partial charge in [-0.3, -0.25) is 0 Å². The molecule has 1 aliphatic rings. The maximum absolute atomic E-state index is 9.55. The number of pyridine rings is 1. The number of aromatic nitrogens is 1. The predicted molar refractivity (Wildman–Crippen MR) is 195 cm³/mol. The summed E-state index contributed by atoms with van der Waals surface area (Å²) >= 11 is 0. The standard InChI is InChI=1S/C45H30N2/c1-45(2)41-24-28(27-46)12-19-37(41)38-20-17-33(26-42(38)45)34-21-22-39(36-11-7-6-10-35(34)36)43-23-18-31-15-13-30-14-16-32(25-40(30)44(31)47-43)29-8-4-3-5-9-29/h3-26H,1-2H3. The third-order valence-corrected chi connectivity index (χ3v) is 10.1. The molecule has 0 saturated heterocycles. The first-order chi connectivity index (χ1) is 23.0. The third kappa shape index (κ3) is 4.21. The molecule has 7 aromatic carbocycles. The minimum absolute atomic E-state index is 0.193. The van der Waals surface area contributed by atoms with Gasteiger partial charge in [-0.25, -0.2) is 4.98 Å². The van der Waals surface area contributed by atoms with Crippen LogP contribution in [0, 0.1) is 11.3 Å². The van der Waals surface area contributed by atoms with Gasteiger partial charge in [0.05, 0.1) is 22.8 Å². The highest BCUT2D eigenvalue weighted by atomic mass is 14.7. The van der Waals surface area contributed by atoms with E-state index in [0.717, 1.165) is 27.5 Å². The van der Waals surface area contributed by atoms with E-state index in [1.807, 2.05) is 6.07 Å². The largest absolute Gasteiger partial charge is 0.247 e. The fourth-order valence-electron chi connectivity index (χ4n) is 7.62. The Balaban J connectivity index is 1.18. The molecule has 0 spiro atoms. The van der Waals surface area contributed by atoms with Gasteiger partial charge < -0.3 is 0 Å². The molecule has 0 aliphatic heterocycles. The molecule has 1 aliphatic carbocycles.